The monoisotopic (exact) mass is 285 g/mol. The van der Waals surface area contributed by atoms with Crippen LogP contribution in [0.4, 0.5) is 4.79 Å². The molecule has 3 atom stereocenters. The summed E-state index contributed by atoms with van der Waals surface area (Å²) < 4.78 is 0. The van der Waals surface area contributed by atoms with Gasteiger partial charge in [-0.15, -0.1) is 0 Å². The van der Waals surface area contributed by atoms with Crippen LogP contribution in [0.3, 0.4) is 0 Å². The number of carboxylic acids is 1. The minimum Gasteiger partial charge on any atom is -0.480 e. The summed E-state index contributed by atoms with van der Waals surface area (Å²) >= 11 is 0. The Bertz CT molecular complexity index is 443. The van der Waals surface area contributed by atoms with Crippen molar-refractivity contribution in [2.24, 2.45) is 22.7 Å². The third-order valence-corrected chi connectivity index (χ3v) is 3.87. The molecule has 2 amide bonds. The van der Waals surface area contributed by atoms with E-state index in [1.165, 1.54) is 0 Å². The van der Waals surface area contributed by atoms with Crippen molar-refractivity contribution in [3.63, 3.8) is 0 Å². The normalized spacial score (nSPS) is 27.8. The van der Waals surface area contributed by atoms with E-state index in [0.717, 1.165) is 0 Å². The highest BCUT2D eigenvalue weighted by Crippen LogP contribution is 2.49. The first kappa shape index (κ1) is 16.5. The zero-order chi connectivity index (χ0) is 16.0. The first-order valence-electron chi connectivity index (χ1n) is 6.59. The number of carboxylic acid groups (broad SMARTS) is 2. The summed E-state index contributed by atoms with van der Waals surface area (Å²) in [7, 11) is 0. The standard InChI is InChI=1S/C14H23NO5/c1-13(2,3)7-8(14(4,5)6)10(16)15(12(19)20)9(7)11(17)18/h7-9H,1-6H3,(H,17,18)(H,19,20). The van der Waals surface area contributed by atoms with Crippen molar-refractivity contribution in [1.29, 1.82) is 0 Å². The molecular weight excluding hydrogens is 262 g/mol. The molecule has 20 heavy (non-hydrogen) atoms. The summed E-state index contributed by atoms with van der Waals surface area (Å²) in [5, 5.41) is 18.6. The molecule has 1 saturated heterocycles. The molecule has 0 aromatic heterocycles. The Morgan fingerprint density at radius 2 is 1.45 bits per heavy atom. The van der Waals surface area contributed by atoms with Crippen LogP contribution in [0.15, 0.2) is 0 Å². The van der Waals surface area contributed by atoms with Gasteiger partial charge in [0.25, 0.3) is 0 Å². The van der Waals surface area contributed by atoms with E-state index in [-0.39, 0.29) is 0 Å². The van der Waals surface area contributed by atoms with Crippen LogP contribution in [0.25, 0.3) is 0 Å². The maximum absolute atomic E-state index is 12.4. The van der Waals surface area contributed by atoms with E-state index < -0.39 is 46.7 Å². The van der Waals surface area contributed by atoms with Gasteiger partial charge in [-0.1, -0.05) is 41.5 Å². The van der Waals surface area contributed by atoms with Crippen LogP contribution in [0.1, 0.15) is 41.5 Å². The molecule has 2 N–H and O–H groups in total. The summed E-state index contributed by atoms with van der Waals surface area (Å²) in [6, 6.07) is -1.33. The number of aliphatic carboxylic acids is 1. The van der Waals surface area contributed by atoms with Crippen LogP contribution < -0.4 is 0 Å². The van der Waals surface area contributed by atoms with Crippen molar-refractivity contribution in [3.05, 3.63) is 0 Å². The smallest absolute Gasteiger partial charge is 0.414 e. The zero-order valence-corrected chi connectivity index (χ0v) is 12.8. The zero-order valence-electron chi connectivity index (χ0n) is 12.8. The van der Waals surface area contributed by atoms with E-state index in [1.54, 1.807) is 0 Å². The summed E-state index contributed by atoms with van der Waals surface area (Å²) in [5.74, 6) is -3.09. The quantitative estimate of drug-likeness (QED) is 0.770. The molecule has 0 bridgehead atoms. The minimum atomic E-state index is -1.50. The van der Waals surface area contributed by atoms with Crippen LogP contribution in [0, 0.1) is 22.7 Å². The van der Waals surface area contributed by atoms with Gasteiger partial charge >= 0.3 is 12.1 Å². The number of carbonyl (C=O) groups excluding carboxylic acids is 1. The molecule has 1 aliphatic rings. The molecule has 0 aromatic rings. The van der Waals surface area contributed by atoms with Crippen molar-refractivity contribution < 1.29 is 24.6 Å². The average Bonchev–Trinajstić information content (AvgIpc) is 2.49. The molecule has 6 heteroatoms. The Labute approximate surface area is 118 Å². The molecule has 0 aliphatic carbocycles. The first-order chi connectivity index (χ1) is 8.80. The number of amides is 2. The molecule has 0 aromatic carbocycles. The highest BCUT2D eigenvalue weighted by molar-refractivity contribution is 6.00. The maximum Gasteiger partial charge on any atom is 0.414 e. The molecule has 1 heterocycles. The second kappa shape index (κ2) is 4.75. The van der Waals surface area contributed by atoms with Crippen LogP contribution >= 0.6 is 0 Å². The van der Waals surface area contributed by atoms with E-state index in [0.29, 0.717) is 4.90 Å². The molecule has 0 radical (unpaired) electrons. The number of hydrogen-bond acceptors (Lipinski definition) is 3. The SMILES string of the molecule is CC(C)(C)C1C(=O)N(C(=O)O)C(C(=O)O)C1C(C)(C)C. The van der Waals surface area contributed by atoms with Gasteiger partial charge in [-0.25, -0.2) is 14.5 Å². The van der Waals surface area contributed by atoms with Gasteiger partial charge in [0.15, 0.2) is 0 Å². The number of nitrogens with zero attached hydrogens (tertiary/aromatic N) is 1. The van der Waals surface area contributed by atoms with Crippen LogP contribution in [-0.2, 0) is 9.59 Å². The van der Waals surface area contributed by atoms with Gasteiger partial charge in [0, 0.05) is 11.8 Å². The lowest BCUT2D eigenvalue weighted by atomic mass is 9.63. The van der Waals surface area contributed by atoms with Gasteiger partial charge in [-0.3, -0.25) is 4.79 Å². The molecular formula is C14H23NO5. The van der Waals surface area contributed by atoms with E-state index in [9.17, 15) is 24.6 Å². The number of rotatable bonds is 1. The Morgan fingerprint density at radius 1 is 1.00 bits per heavy atom. The molecule has 1 aliphatic heterocycles. The molecule has 3 unspecified atom stereocenters. The predicted molar refractivity (Wildman–Crippen MR) is 72.2 cm³/mol. The number of likely N-dealkylation sites (tertiary alicyclic amines) is 1. The summed E-state index contributed by atoms with van der Waals surface area (Å²) in [6.45, 7) is 11.0. The van der Waals surface area contributed by atoms with Gasteiger partial charge in [0.1, 0.15) is 6.04 Å². The van der Waals surface area contributed by atoms with Crippen molar-refractivity contribution in [2.45, 2.75) is 47.6 Å². The Hall–Kier alpha value is -1.59. The average molecular weight is 285 g/mol. The minimum absolute atomic E-state index is 0.494. The second-order valence-electron chi connectivity index (χ2n) is 7.51. The van der Waals surface area contributed by atoms with E-state index in [2.05, 4.69) is 0 Å². The summed E-state index contributed by atoms with van der Waals surface area (Å²) in [6.07, 6.45) is -1.50. The first-order valence-corrected chi connectivity index (χ1v) is 6.59. The van der Waals surface area contributed by atoms with Crippen LogP contribution in [0.5, 0.6) is 0 Å². The fourth-order valence-electron chi connectivity index (χ4n) is 3.14. The number of hydrogen-bond donors (Lipinski definition) is 2. The lowest BCUT2D eigenvalue weighted by Crippen LogP contribution is -2.47. The number of imide groups is 1. The predicted octanol–water partition coefficient (Wildman–Crippen LogP) is 2.28. The van der Waals surface area contributed by atoms with Gasteiger partial charge in [-0.2, -0.15) is 0 Å². The highest BCUT2D eigenvalue weighted by Gasteiger charge is 2.60. The lowest BCUT2D eigenvalue weighted by molar-refractivity contribution is -0.146. The fraction of sp³-hybridized carbons (Fsp3) is 0.786. The molecule has 1 fully saturated rings. The molecule has 0 saturated carbocycles. The van der Waals surface area contributed by atoms with Crippen molar-refractivity contribution in [3.8, 4) is 0 Å². The van der Waals surface area contributed by atoms with E-state index >= 15 is 0 Å². The lowest BCUT2D eigenvalue weighted by Gasteiger charge is -2.38. The Balaban J connectivity index is 3.49. The fourth-order valence-corrected chi connectivity index (χ4v) is 3.14. The van der Waals surface area contributed by atoms with E-state index in [1.807, 2.05) is 41.5 Å². The summed E-state index contributed by atoms with van der Waals surface area (Å²) in [4.78, 5) is 35.8. The molecule has 114 valence electrons. The third-order valence-electron chi connectivity index (χ3n) is 3.87. The van der Waals surface area contributed by atoms with Crippen molar-refractivity contribution in [2.75, 3.05) is 0 Å². The Morgan fingerprint density at radius 3 is 1.70 bits per heavy atom. The van der Waals surface area contributed by atoms with Crippen LogP contribution in [-0.4, -0.2) is 39.1 Å². The van der Waals surface area contributed by atoms with Gasteiger partial charge in [-0.05, 0) is 10.8 Å². The molecule has 6 nitrogen and oxygen atoms in total. The molecule has 0 spiro atoms. The summed E-state index contributed by atoms with van der Waals surface area (Å²) in [5.41, 5.74) is -1.01. The van der Waals surface area contributed by atoms with Gasteiger partial charge in [0.2, 0.25) is 5.91 Å². The molecule has 1 rings (SSSR count). The van der Waals surface area contributed by atoms with Gasteiger partial charge < -0.3 is 10.2 Å². The number of carbonyl (C=O) groups is 3. The van der Waals surface area contributed by atoms with E-state index in [4.69, 9.17) is 0 Å². The van der Waals surface area contributed by atoms with Crippen LogP contribution in [0.2, 0.25) is 0 Å². The Kier molecular flexibility index (Phi) is 3.91. The van der Waals surface area contributed by atoms with Gasteiger partial charge in [0.05, 0.1) is 0 Å². The topological polar surface area (TPSA) is 94.9 Å². The third kappa shape index (κ3) is 2.64. The highest BCUT2D eigenvalue weighted by atomic mass is 16.4. The van der Waals surface area contributed by atoms with Crippen molar-refractivity contribution >= 4 is 18.0 Å². The largest absolute Gasteiger partial charge is 0.480 e. The van der Waals surface area contributed by atoms with Crippen molar-refractivity contribution in [1.82, 2.24) is 4.90 Å². The second-order valence-corrected chi connectivity index (χ2v) is 7.51. The maximum atomic E-state index is 12.4.